The first-order valence-corrected chi connectivity index (χ1v) is 5.70. The highest BCUT2D eigenvalue weighted by Gasteiger charge is 2.25. The molecule has 3 rings (SSSR count). The fourth-order valence-corrected chi connectivity index (χ4v) is 3.04. The summed E-state index contributed by atoms with van der Waals surface area (Å²) in [5.41, 5.74) is 3.34. The minimum Gasteiger partial charge on any atom is -0.356 e. The Morgan fingerprint density at radius 2 is 2.40 bits per heavy atom. The van der Waals surface area contributed by atoms with E-state index in [4.69, 9.17) is 4.52 Å². The van der Waals surface area contributed by atoms with Gasteiger partial charge in [-0.25, -0.2) is 0 Å². The molecule has 2 heterocycles. The number of Topliss-reactive ketones (excluding diaryl/α,β-unsaturated/α-hetero) is 1. The van der Waals surface area contributed by atoms with Crippen molar-refractivity contribution in [1.82, 2.24) is 5.16 Å². The van der Waals surface area contributed by atoms with Crippen molar-refractivity contribution < 1.29 is 9.32 Å². The average molecular weight is 219 g/mol. The van der Waals surface area contributed by atoms with Crippen LogP contribution in [0.3, 0.4) is 0 Å². The van der Waals surface area contributed by atoms with E-state index in [1.807, 2.05) is 5.38 Å². The van der Waals surface area contributed by atoms with Gasteiger partial charge in [-0.2, -0.15) is 0 Å². The van der Waals surface area contributed by atoms with E-state index >= 15 is 0 Å². The van der Waals surface area contributed by atoms with Crippen LogP contribution in [0.1, 0.15) is 27.7 Å². The normalized spacial score (nSPS) is 13.4. The first kappa shape index (κ1) is 8.85. The van der Waals surface area contributed by atoms with Crippen LogP contribution in [0.15, 0.2) is 16.1 Å². The van der Waals surface area contributed by atoms with E-state index in [0.29, 0.717) is 0 Å². The van der Waals surface area contributed by atoms with E-state index in [2.05, 4.69) is 5.16 Å². The lowest BCUT2D eigenvalue weighted by Gasteiger charge is -2.10. The van der Waals surface area contributed by atoms with Crippen LogP contribution in [0.25, 0.3) is 11.3 Å². The lowest BCUT2D eigenvalue weighted by atomic mass is 9.92. The van der Waals surface area contributed by atoms with Gasteiger partial charge >= 0.3 is 0 Å². The van der Waals surface area contributed by atoms with E-state index in [9.17, 15) is 4.79 Å². The van der Waals surface area contributed by atoms with Gasteiger partial charge in [0.25, 0.3) is 0 Å². The zero-order valence-corrected chi connectivity index (χ0v) is 9.06. The van der Waals surface area contributed by atoms with Gasteiger partial charge < -0.3 is 4.52 Å². The lowest BCUT2D eigenvalue weighted by molar-refractivity contribution is 0.102. The molecule has 0 saturated heterocycles. The predicted molar refractivity (Wildman–Crippen MR) is 57.2 cm³/mol. The van der Waals surface area contributed by atoms with Crippen molar-refractivity contribution in [1.29, 1.82) is 0 Å². The Bertz CT molecular complexity index is 539. The number of nitrogens with zero attached hydrogens (tertiary/aromatic N) is 1. The minimum absolute atomic E-state index is 0.143. The number of carbonyl (C=O) groups excluding carboxylic acids is 1. The molecule has 2 aromatic heterocycles. The topological polar surface area (TPSA) is 43.1 Å². The lowest BCUT2D eigenvalue weighted by Crippen LogP contribution is -2.03. The van der Waals surface area contributed by atoms with Crippen molar-refractivity contribution in [3.63, 3.8) is 0 Å². The Morgan fingerprint density at radius 3 is 3.20 bits per heavy atom. The number of carbonyl (C=O) groups is 1. The second-order valence-electron chi connectivity index (χ2n) is 3.69. The van der Waals surface area contributed by atoms with Crippen LogP contribution in [0, 0.1) is 0 Å². The second-order valence-corrected chi connectivity index (χ2v) is 4.57. The van der Waals surface area contributed by atoms with Gasteiger partial charge in [-0.05, 0) is 25.3 Å². The second kappa shape index (κ2) is 3.03. The summed E-state index contributed by atoms with van der Waals surface area (Å²) in [5.74, 6) is 0.990. The third-order valence-corrected chi connectivity index (χ3v) is 3.87. The fraction of sp³-hybridized carbons (Fsp3) is 0.273. The highest BCUT2D eigenvalue weighted by Crippen LogP contribution is 2.38. The molecule has 0 unspecified atom stereocenters. The van der Waals surface area contributed by atoms with Crippen molar-refractivity contribution in [2.24, 2.45) is 0 Å². The van der Waals surface area contributed by atoms with Crippen LogP contribution < -0.4 is 0 Å². The molecule has 0 spiro atoms. The Morgan fingerprint density at radius 1 is 1.53 bits per heavy atom. The number of fused-ring (bicyclic) bond motifs is 3. The van der Waals surface area contributed by atoms with E-state index in [-0.39, 0.29) is 5.78 Å². The smallest absolute Gasteiger partial charge is 0.171 e. The summed E-state index contributed by atoms with van der Waals surface area (Å²) in [6.07, 6.45) is 3.61. The maximum Gasteiger partial charge on any atom is 0.171 e. The summed E-state index contributed by atoms with van der Waals surface area (Å²) in [6.45, 7) is 1.61. The molecule has 1 aliphatic rings. The molecule has 0 saturated carbocycles. The van der Waals surface area contributed by atoms with Gasteiger partial charge in [-0.1, -0.05) is 5.16 Å². The van der Waals surface area contributed by atoms with Crippen molar-refractivity contribution in [2.45, 2.75) is 19.8 Å². The largest absolute Gasteiger partial charge is 0.356 e. The molecule has 0 bridgehead atoms. The predicted octanol–water partition coefficient (Wildman–Crippen LogP) is 2.70. The Balaban J connectivity index is 2.23. The number of thiophene rings is 1. The number of ketones is 1. The zero-order valence-electron chi connectivity index (χ0n) is 8.24. The van der Waals surface area contributed by atoms with Crippen LogP contribution >= 0.6 is 11.3 Å². The van der Waals surface area contributed by atoms with Crippen molar-refractivity contribution >= 4 is 17.1 Å². The number of aromatic nitrogens is 1. The fourth-order valence-electron chi connectivity index (χ4n) is 2.04. The molecule has 0 amide bonds. The standard InChI is InChI=1S/C11H9NO2S/c1-6(13)11-8-3-2-7-4-12-14-10(7)9(8)5-15-11/h4-5H,2-3H2,1H3. The summed E-state index contributed by atoms with van der Waals surface area (Å²) in [5, 5.41) is 5.80. The van der Waals surface area contributed by atoms with Gasteiger partial charge in [0.2, 0.25) is 0 Å². The highest BCUT2D eigenvalue weighted by atomic mass is 32.1. The van der Waals surface area contributed by atoms with E-state index in [0.717, 1.165) is 40.2 Å². The highest BCUT2D eigenvalue weighted by molar-refractivity contribution is 7.12. The van der Waals surface area contributed by atoms with Crippen molar-refractivity contribution in [3.8, 4) is 11.3 Å². The molecule has 3 nitrogen and oxygen atoms in total. The Kier molecular flexibility index (Phi) is 1.79. The SMILES string of the molecule is CC(=O)c1scc2c1CCc1cnoc1-2. The number of hydrogen-bond acceptors (Lipinski definition) is 4. The summed E-state index contributed by atoms with van der Waals surface area (Å²) < 4.78 is 5.22. The molecule has 0 radical (unpaired) electrons. The Labute approximate surface area is 90.7 Å². The molecule has 2 aromatic rings. The number of hydrogen-bond donors (Lipinski definition) is 0. The molecule has 0 atom stereocenters. The van der Waals surface area contributed by atoms with E-state index in [1.54, 1.807) is 13.1 Å². The molecule has 1 aliphatic carbocycles. The van der Waals surface area contributed by atoms with Crippen LogP contribution in [-0.4, -0.2) is 10.9 Å². The Hall–Kier alpha value is -1.42. The average Bonchev–Trinajstić information content (AvgIpc) is 2.82. The molecule has 0 aliphatic heterocycles. The van der Waals surface area contributed by atoms with E-state index in [1.165, 1.54) is 11.3 Å². The van der Waals surface area contributed by atoms with Gasteiger partial charge in [-0.15, -0.1) is 11.3 Å². The summed E-state index contributed by atoms with van der Waals surface area (Å²) in [7, 11) is 0. The van der Waals surface area contributed by atoms with E-state index < -0.39 is 0 Å². The summed E-state index contributed by atoms with van der Waals surface area (Å²) in [6, 6.07) is 0. The maximum absolute atomic E-state index is 11.4. The molecule has 0 aromatic carbocycles. The van der Waals surface area contributed by atoms with Crippen molar-refractivity contribution in [3.05, 3.63) is 27.6 Å². The van der Waals surface area contributed by atoms with Crippen LogP contribution in [0.2, 0.25) is 0 Å². The summed E-state index contributed by atoms with van der Waals surface area (Å²) >= 11 is 1.50. The van der Waals surface area contributed by atoms with Gasteiger partial charge in [0.15, 0.2) is 11.5 Å². The monoisotopic (exact) mass is 219 g/mol. The molecule has 0 fully saturated rings. The third-order valence-electron chi connectivity index (χ3n) is 2.75. The van der Waals surface area contributed by atoms with Crippen LogP contribution in [0.4, 0.5) is 0 Å². The molecule has 76 valence electrons. The van der Waals surface area contributed by atoms with Gasteiger partial charge in [0.1, 0.15) is 0 Å². The third kappa shape index (κ3) is 1.18. The van der Waals surface area contributed by atoms with Gasteiger partial charge in [0, 0.05) is 16.5 Å². The molecule has 4 heteroatoms. The molecule has 15 heavy (non-hydrogen) atoms. The summed E-state index contributed by atoms with van der Waals surface area (Å²) in [4.78, 5) is 12.3. The number of rotatable bonds is 1. The van der Waals surface area contributed by atoms with Crippen LogP contribution in [-0.2, 0) is 12.8 Å². The first-order valence-electron chi connectivity index (χ1n) is 4.82. The maximum atomic E-state index is 11.4. The van der Waals surface area contributed by atoms with Crippen LogP contribution in [0.5, 0.6) is 0 Å². The minimum atomic E-state index is 0.143. The molecular weight excluding hydrogens is 210 g/mol. The molecular formula is C11H9NO2S. The van der Waals surface area contributed by atoms with Crippen molar-refractivity contribution in [2.75, 3.05) is 0 Å². The molecule has 0 N–H and O–H groups in total. The number of aryl methyl sites for hydroxylation is 1. The first-order chi connectivity index (χ1) is 7.27. The quantitative estimate of drug-likeness (QED) is 0.692. The van der Waals surface area contributed by atoms with Gasteiger partial charge in [0.05, 0.1) is 11.1 Å². The zero-order chi connectivity index (χ0) is 10.4. The van der Waals surface area contributed by atoms with Gasteiger partial charge in [-0.3, -0.25) is 4.79 Å².